The molecule has 1 amide bonds. The Labute approximate surface area is 174 Å². The lowest BCUT2D eigenvalue weighted by Crippen LogP contribution is -2.27. The fourth-order valence-electron chi connectivity index (χ4n) is 4.14. The molecular weight excluding hydrogens is 374 g/mol. The normalized spacial score (nSPS) is 12.9. The molecule has 5 rings (SSSR count). The van der Waals surface area contributed by atoms with Gasteiger partial charge in [0.25, 0.3) is 5.56 Å². The Morgan fingerprint density at radius 1 is 0.833 bits per heavy atom. The lowest BCUT2D eigenvalue weighted by Gasteiger charge is -2.15. The molecule has 2 heterocycles. The van der Waals surface area contributed by atoms with Crippen LogP contribution in [-0.2, 0) is 24.3 Å². The van der Waals surface area contributed by atoms with E-state index < -0.39 is 0 Å². The zero-order chi connectivity index (χ0) is 20.7. The molecule has 0 aliphatic carbocycles. The number of hydrogen-bond acceptors (Lipinski definition) is 3. The van der Waals surface area contributed by atoms with E-state index in [1.165, 1.54) is 11.1 Å². The van der Waals surface area contributed by atoms with E-state index in [2.05, 4.69) is 12.1 Å². The van der Waals surface area contributed by atoms with Gasteiger partial charge in [0, 0.05) is 30.2 Å². The van der Waals surface area contributed by atoms with Gasteiger partial charge in [-0.1, -0.05) is 66.7 Å². The van der Waals surface area contributed by atoms with Gasteiger partial charge in [-0.3, -0.25) is 9.59 Å². The molecule has 0 radical (unpaired) electrons. The summed E-state index contributed by atoms with van der Waals surface area (Å²) in [6.45, 7) is 1.36. The quantitative estimate of drug-likeness (QED) is 0.540. The summed E-state index contributed by atoms with van der Waals surface area (Å²) in [6.07, 6.45) is 2.03. The molecule has 1 aliphatic heterocycles. The number of amides is 1. The van der Waals surface area contributed by atoms with E-state index in [1.54, 1.807) is 12.3 Å². The highest BCUT2D eigenvalue weighted by Gasteiger charge is 2.22. The second-order valence-electron chi connectivity index (χ2n) is 7.69. The van der Waals surface area contributed by atoms with Crippen LogP contribution >= 0.6 is 0 Å². The summed E-state index contributed by atoms with van der Waals surface area (Å²) in [5.41, 5.74) is 5.04. The van der Waals surface area contributed by atoms with E-state index in [9.17, 15) is 9.59 Å². The Kier molecular flexibility index (Phi) is 4.36. The average Bonchev–Trinajstić information content (AvgIpc) is 3.21. The fourth-order valence-corrected chi connectivity index (χ4v) is 4.14. The van der Waals surface area contributed by atoms with Crippen molar-refractivity contribution in [1.29, 1.82) is 0 Å². The Hall–Kier alpha value is -3.86. The minimum atomic E-state index is -0.219. The first-order chi connectivity index (χ1) is 14.6. The predicted molar refractivity (Wildman–Crippen MR) is 118 cm³/mol. The van der Waals surface area contributed by atoms with Crippen molar-refractivity contribution in [2.75, 3.05) is 5.84 Å². The molecule has 2 N–H and O–H groups in total. The van der Waals surface area contributed by atoms with E-state index in [1.807, 2.05) is 59.5 Å². The SMILES string of the molecule is Nn1cc(-c2ccc(CC(=O)N3Cc4ccccc4C3)cc2)c2ccccc2c1=O. The third-order valence-corrected chi connectivity index (χ3v) is 5.76. The first-order valence-electron chi connectivity index (χ1n) is 9.93. The van der Waals surface area contributed by atoms with Gasteiger partial charge in [0.05, 0.1) is 6.42 Å². The summed E-state index contributed by atoms with van der Waals surface area (Å²) in [4.78, 5) is 27.0. The molecule has 4 aromatic rings. The van der Waals surface area contributed by atoms with Crippen LogP contribution in [0, 0.1) is 0 Å². The monoisotopic (exact) mass is 395 g/mol. The molecule has 0 atom stereocenters. The number of nitrogens with zero attached hydrogens (tertiary/aromatic N) is 2. The first kappa shape index (κ1) is 18.2. The minimum absolute atomic E-state index is 0.125. The molecule has 1 aliphatic rings. The highest BCUT2D eigenvalue weighted by atomic mass is 16.2. The second kappa shape index (κ2) is 7.19. The number of nitrogens with two attached hydrogens (primary N) is 1. The van der Waals surface area contributed by atoms with E-state index in [4.69, 9.17) is 5.84 Å². The lowest BCUT2D eigenvalue weighted by molar-refractivity contribution is -0.131. The zero-order valence-corrected chi connectivity index (χ0v) is 16.4. The molecule has 0 unspecified atom stereocenters. The molecular formula is C25H21N3O2. The molecule has 5 nitrogen and oxygen atoms in total. The molecule has 0 bridgehead atoms. The van der Waals surface area contributed by atoms with Crippen LogP contribution < -0.4 is 11.4 Å². The van der Waals surface area contributed by atoms with Gasteiger partial charge >= 0.3 is 0 Å². The van der Waals surface area contributed by atoms with Gasteiger partial charge in [0.15, 0.2) is 0 Å². The predicted octanol–water partition coefficient (Wildman–Crippen LogP) is 3.47. The van der Waals surface area contributed by atoms with Gasteiger partial charge in [-0.05, 0) is 33.7 Å². The Bertz CT molecular complexity index is 1300. The number of carbonyl (C=O) groups excluding carboxylic acids is 1. The summed E-state index contributed by atoms with van der Waals surface area (Å²) < 4.78 is 1.13. The Morgan fingerprint density at radius 2 is 1.43 bits per heavy atom. The highest BCUT2D eigenvalue weighted by Crippen LogP contribution is 2.27. The van der Waals surface area contributed by atoms with Crippen LogP contribution in [0.15, 0.2) is 83.8 Å². The van der Waals surface area contributed by atoms with E-state index in [0.29, 0.717) is 24.9 Å². The number of rotatable bonds is 3. The molecule has 0 fully saturated rings. The first-order valence-corrected chi connectivity index (χ1v) is 9.93. The maximum Gasteiger partial charge on any atom is 0.276 e. The molecule has 0 saturated carbocycles. The van der Waals surface area contributed by atoms with Gasteiger partial charge in [-0.15, -0.1) is 0 Å². The number of aromatic nitrogens is 1. The number of nitrogen functional groups attached to an aromatic ring is 1. The fraction of sp³-hybridized carbons (Fsp3) is 0.120. The van der Waals surface area contributed by atoms with Gasteiger partial charge in [0.2, 0.25) is 5.91 Å². The summed E-state index contributed by atoms with van der Waals surface area (Å²) in [6, 6.07) is 23.5. The number of benzene rings is 3. The van der Waals surface area contributed by atoms with Crippen LogP contribution in [0.1, 0.15) is 16.7 Å². The second-order valence-corrected chi connectivity index (χ2v) is 7.69. The van der Waals surface area contributed by atoms with Crippen LogP contribution in [0.2, 0.25) is 0 Å². The van der Waals surface area contributed by atoms with E-state index in [0.717, 1.165) is 26.8 Å². The standard InChI is InChI=1S/C25H21N3O2/c26-28-16-23(21-7-3-4-8-22(21)25(28)30)18-11-9-17(10-12-18)13-24(29)27-14-19-5-1-2-6-20(19)15-27/h1-12,16H,13-15,26H2. The van der Waals surface area contributed by atoms with Crippen LogP contribution in [0.25, 0.3) is 21.9 Å². The van der Waals surface area contributed by atoms with Crippen LogP contribution in [-0.4, -0.2) is 15.5 Å². The van der Waals surface area contributed by atoms with E-state index >= 15 is 0 Å². The Balaban J connectivity index is 1.38. The topological polar surface area (TPSA) is 68.3 Å². The third kappa shape index (κ3) is 3.14. The van der Waals surface area contributed by atoms with E-state index in [-0.39, 0.29) is 11.5 Å². The molecule has 30 heavy (non-hydrogen) atoms. The molecule has 5 heteroatoms. The zero-order valence-electron chi connectivity index (χ0n) is 16.4. The van der Waals surface area contributed by atoms with Gasteiger partial charge < -0.3 is 10.7 Å². The summed E-state index contributed by atoms with van der Waals surface area (Å²) in [7, 11) is 0. The minimum Gasteiger partial charge on any atom is -0.336 e. The van der Waals surface area contributed by atoms with Gasteiger partial charge in [0.1, 0.15) is 0 Å². The van der Waals surface area contributed by atoms with Gasteiger partial charge in [-0.2, -0.15) is 0 Å². The number of pyridine rings is 1. The largest absolute Gasteiger partial charge is 0.336 e. The van der Waals surface area contributed by atoms with Crippen molar-refractivity contribution in [3.63, 3.8) is 0 Å². The number of hydrogen-bond donors (Lipinski definition) is 1. The third-order valence-electron chi connectivity index (χ3n) is 5.76. The molecule has 3 aromatic carbocycles. The molecule has 1 aromatic heterocycles. The van der Waals surface area contributed by atoms with Crippen molar-refractivity contribution in [3.05, 3.63) is 106 Å². The van der Waals surface area contributed by atoms with Crippen molar-refractivity contribution >= 4 is 16.7 Å². The Morgan fingerprint density at radius 3 is 2.10 bits per heavy atom. The maximum absolute atomic E-state index is 12.8. The number of fused-ring (bicyclic) bond motifs is 2. The summed E-state index contributed by atoms with van der Waals surface area (Å²) in [5.74, 6) is 6.00. The lowest BCUT2D eigenvalue weighted by atomic mass is 9.99. The summed E-state index contributed by atoms with van der Waals surface area (Å²) in [5, 5.41) is 1.45. The van der Waals surface area contributed by atoms with Crippen LogP contribution in [0.3, 0.4) is 0 Å². The summed E-state index contributed by atoms with van der Waals surface area (Å²) >= 11 is 0. The van der Waals surface area contributed by atoms with Crippen LogP contribution in [0.5, 0.6) is 0 Å². The molecule has 0 spiro atoms. The van der Waals surface area contributed by atoms with Crippen molar-refractivity contribution in [2.24, 2.45) is 0 Å². The maximum atomic E-state index is 12.8. The smallest absolute Gasteiger partial charge is 0.276 e. The average molecular weight is 395 g/mol. The molecule has 148 valence electrons. The molecule has 0 saturated heterocycles. The van der Waals surface area contributed by atoms with Crippen molar-refractivity contribution in [3.8, 4) is 11.1 Å². The van der Waals surface area contributed by atoms with Crippen molar-refractivity contribution in [2.45, 2.75) is 19.5 Å². The number of carbonyl (C=O) groups is 1. The van der Waals surface area contributed by atoms with Crippen LogP contribution in [0.4, 0.5) is 0 Å². The van der Waals surface area contributed by atoms with Crippen molar-refractivity contribution in [1.82, 2.24) is 9.58 Å². The van der Waals surface area contributed by atoms with Crippen molar-refractivity contribution < 1.29 is 4.79 Å². The van der Waals surface area contributed by atoms with Gasteiger partial charge in [-0.25, -0.2) is 4.68 Å². The highest BCUT2D eigenvalue weighted by molar-refractivity contribution is 5.95.